The van der Waals surface area contributed by atoms with E-state index in [0.29, 0.717) is 22.7 Å². The summed E-state index contributed by atoms with van der Waals surface area (Å²) in [6, 6.07) is 15.3. The minimum atomic E-state index is -0.306. The first-order valence-electron chi connectivity index (χ1n) is 8.09. The molecular formula is C20H20ClNO2. The molecular weight excluding hydrogens is 322 g/mol. The van der Waals surface area contributed by atoms with E-state index in [0.717, 1.165) is 17.8 Å². The molecule has 124 valence electrons. The summed E-state index contributed by atoms with van der Waals surface area (Å²) in [5, 5.41) is 11.2. The van der Waals surface area contributed by atoms with Crippen LogP contribution in [0.1, 0.15) is 30.9 Å². The van der Waals surface area contributed by atoms with Crippen molar-refractivity contribution in [3.05, 3.63) is 70.3 Å². The number of nitrogens with zero attached hydrogens (tertiary/aromatic N) is 1. The van der Waals surface area contributed by atoms with Gasteiger partial charge in [-0.2, -0.15) is 0 Å². The Morgan fingerprint density at radius 1 is 1.12 bits per heavy atom. The van der Waals surface area contributed by atoms with Gasteiger partial charge >= 0.3 is 0 Å². The number of halogens is 1. The van der Waals surface area contributed by atoms with E-state index in [1.165, 1.54) is 0 Å². The molecule has 0 bridgehead atoms. The summed E-state index contributed by atoms with van der Waals surface area (Å²) in [5.74, 6) is -0.344. The van der Waals surface area contributed by atoms with Gasteiger partial charge in [-0.3, -0.25) is 4.79 Å². The molecule has 0 heterocycles. The summed E-state index contributed by atoms with van der Waals surface area (Å²) in [5.41, 5.74) is 2.82. The van der Waals surface area contributed by atoms with Gasteiger partial charge in [0.1, 0.15) is 5.76 Å². The molecule has 2 aromatic rings. The van der Waals surface area contributed by atoms with E-state index in [-0.39, 0.29) is 17.5 Å². The van der Waals surface area contributed by atoms with Gasteiger partial charge < -0.3 is 10.0 Å². The molecule has 0 saturated heterocycles. The SMILES string of the molecule is CCN(CC1=C(O)c2c(Cl)cccc2C(C)C1=O)c1ccccc1. The molecule has 0 saturated carbocycles. The van der Waals surface area contributed by atoms with Gasteiger partial charge in [-0.15, -0.1) is 0 Å². The highest BCUT2D eigenvalue weighted by molar-refractivity contribution is 6.33. The molecule has 1 atom stereocenters. The van der Waals surface area contributed by atoms with Crippen LogP contribution in [-0.2, 0) is 4.79 Å². The molecule has 1 aliphatic carbocycles. The molecule has 0 radical (unpaired) electrons. The zero-order valence-corrected chi connectivity index (χ0v) is 14.5. The first-order valence-corrected chi connectivity index (χ1v) is 8.47. The lowest BCUT2D eigenvalue weighted by Crippen LogP contribution is -2.32. The lowest BCUT2D eigenvalue weighted by Gasteiger charge is -2.29. The molecule has 0 spiro atoms. The quantitative estimate of drug-likeness (QED) is 0.866. The zero-order chi connectivity index (χ0) is 17.3. The topological polar surface area (TPSA) is 40.5 Å². The van der Waals surface area contributed by atoms with Crippen LogP contribution in [0.15, 0.2) is 54.1 Å². The van der Waals surface area contributed by atoms with Gasteiger partial charge in [0.25, 0.3) is 0 Å². The Morgan fingerprint density at radius 3 is 2.50 bits per heavy atom. The number of carbonyl (C=O) groups excluding carboxylic acids is 1. The Labute approximate surface area is 147 Å². The van der Waals surface area contributed by atoms with Crippen molar-refractivity contribution in [3.63, 3.8) is 0 Å². The molecule has 0 fully saturated rings. The fraction of sp³-hybridized carbons (Fsp3) is 0.250. The van der Waals surface area contributed by atoms with Crippen molar-refractivity contribution in [2.45, 2.75) is 19.8 Å². The molecule has 0 aliphatic heterocycles. The number of fused-ring (bicyclic) bond motifs is 1. The number of rotatable bonds is 4. The Morgan fingerprint density at radius 2 is 1.83 bits per heavy atom. The predicted octanol–water partition coefficient (Wildman–Crippen LogP) is 4.82. The third-order valence-corrected chi connectivity index (χ3v) is 4.89. The van der Waals surface area contributed by atoms with Crippen molar-refractivity contribution in [2.75, 3.05) is 18.0 Å². The summed E-state index contributed by atoms with van der Waals surface area (Å²) in [4.78, 5) is 14.9. The number of para-hydroxylation sites is 1. The van der Waals surface area contributed by atoms with E-state index in [4.69, 9.17) is 11.6 Å². The van der Waals surface area contributed by atoms with E-state index in [1.807, 2.05) is 56.3 Å². The van der Waals surface area contributed by atoms with E-state index < -0.39 is 0 Å². The average Bonchev–Trinajstić information content (AvgIpc) is 2.60. The lowest BCUT2D eigenvalue weighted by atomic mass is 9.81. The number of aliphatic hydroxyl groups excluding tert-OH is 1. The predicted molar refractivity (Wildman–Crippen MR) is 98.8 cm³/mol. The van der Waals surface area contributed by atoms with Crippen LogP contribution in [0, 0.1) is 0 Å². The number of ketones is 1. The monoisotopic (exact) mass is 341 g/mol. The highest BCUT2D eigenvalue weighted by Gasteiger charge is 2.33. The number of Topliss-reactive ketones (excluding diaryl/α,β-unsaturated/α-hetero) is 1. The first kappa shape index (κ1) is 16.6. The van der Waals surface area contributed by atoms with Gasteiger partial charge in [0.2, 0.25) is 0 Å². The number of likely N-dealkylation sites (N-methyl/N-ethyl adjacent to an activating group) is 1. The van der Waals surface area contributed by atoms with Gasteiger partial charge in [0.05, 0.1) is 17.1 Å². The van der Waals surface area contributed by atoms with Crippen LogP contribution in [0.2, 0.25) is 5.02 Å². The van der Waals surface area contributed by atoms with Crippen LogP contribution in [-0.4, -0.2) is 24.0 Å². The minimum absolute atomic E-state index is 0.00748. The molecule has 1 N–H and O–H groups in total. The largest absolute Gasteiger partial charge is 0.507 e. The fourth-order valence-corrected chi connectivity index (χ4v) is 3.46. The lowest BCUT2D eigenvalue weighted by molar-refractivity contribution is -0.116. The first-order chi connectivity index (χ1) is 11.5. The van der Waals surface area contributed by atoms with Crippen LogP contribution in [0.5, 0.6) is 0 Å². The average molecular weight is 342 g/mol. The van der Waals surface area contributed by atoms with E-state index in [2.05, 4.69) is 4.90 Å². The molecule has 0 aromatic heterocycles. The van der Waals surface area contributed by atoms with Crippen LogP contribution >= 0.6 is 11.6 Å². The third kappa shape index (κ3) is 2.80. The van der Waals surface area contributed by atoms with Crippen LogP contribution in [0.3, 0.4) is 0 Å². The standard InChI is InChI=1S/C20H20ClNO2/c1-3-22(14-8-5-4-6-9-14)12-16-19(23)13(2)15-10-7-11-17(21)18(15)20(16)24/h4-11,13,24H,3,12H2,1-2H3. The van der Waals surface area contributed by atoms with Gasteiger partial charge in [0.15, 0.2) is 5.78 Å². The maximum absolute atomic E-state index is 12.8. The normalized spacial score (nSPS) is 17.0. The maximum atomic E-state index is 12.8. The van der Waals surface area contributed by atoms with Gasteiger partial charge in [-0.1, -0.05) is 48.9 Å². The smallest absolute Gasteiger partial charge is 0.171 e. The van der Waals surface area contributed by atoms with E-state index >= 15 is 0 Å². The molecule has 1 unspecified atom stereocenters. The number of benzene rings is 2. The number of hydrogen-bond acceptors (Lipinski definition) is 3. The van der Waals surface area contributed by atoms with Crippen LogP contribution in [0.4, 0.5) is 5.69 Å². The van der Waals surface area contributed by atoms with Gasteiger partial charge in [0, 0.05) is 23.7 Å². The summed E-state index contributed by atoms with van der Waals surface area (Å²) in [7, 11) is 0. The van der Waals surface area contributed by atoms with Gasteiger partial charge in [-0.05, 0) is 30.7 Å². The van der Waals surface area contributed by atoms with Crippen molar-refractivity contribution in [2.24, 2.45) is 0 Å². The summed E-state index contributed by atoms with van der Waals surface area (Å²) >= 11 is 6.28. The molecule has 0 amide bonds. The number of aliphatic hydroxyl groups is 1. The molecule has 4 heteroatoms. The third-order valence-electron chi connectivity index (χ3n) is 4.58. The van der Waals surface area contributed by atoms with Crippen molar-refractivity contribution in [1.82, 2.24) is 0 Å². The zero-order valence-electron chi connectivity index (χ0n) is 13.8. The Kier molecular flexibility index (Phi) is 4.63. The molecule has 24 heavy (non-hydrogen) atoms. The van der Waals surface area contributed by atoms with E-state index in [9.17, 15) is 9.90 Å². The van der Waals surface area contributed by atoms with Gasteiger partial charge in [-0.25, -0.2) is 0 Å². The second-order valence-corrected chi connectivity index (χ2v) is 6.37. The molecule has 2 aromatic carbocycles. The molecule has 1 aliphatic rings. The fourth-order valence-electron chi connectivity index (χ4n) is 3.19. The summed E-state index contributed by atoms with van der Waals surface area (Å²) in [6.45, 7) is 4.99. The Balaban J connectivity index is 2.04. The van der Waals surface area contributed by atoms with Crippen molar-refractivity contribution in [1.29, 1.82) is 0 Å². The summed E-state index contributed by atoms with van der Waals surface area (Å²) in [6.07, 6.45) is 0. The second kappa shape index (κ2) is 6.70. The van der Waals surface area contributed by atoms with Crippen molar-refractivity contribution >= 4 is 28.8 Å². The van der Waals surface area contributed by atoms with E-state index in [1.54, 1.807) is 6.07 Å². The molecule has 3 nitrogen and oxygen atoms in total. The van der Waals surface area contributed by atoms with Crippen molar-refractivity contribution < 1.29 is 9.90 Å². The Bertz CT molecular complexity index is 799. The maximum Gasteiger partial charge on any atom is 0.171 e. The second-order valence-electron chi connectivity index (χ2n) is 5.97. The number of hydrogen-bond donors (Lipinski definition) is 1. The van der Waals surface area contributed by atoms with Crippen LogP contribution < -0.4 is 4.90 Å². The Hall–Kier alpha value is -2.26. The number of anilines is 1. The molecule has 3 rings (SSSR count). The van der Waals surface area contributed by atoms with Crippen molar-refractivity contribution in [3.8, 4) is 0 Å². The highest BCUT2D eigenvalue weighted by Crippen LogP contribution is 2.39. The van der Waals surface area contributed by atoms with Crippen LogP contribution in [0.25, 0.3) is 5.76 Å². The minimum Gasteiger partial charge on any atom is -0.507 e. The highest BCUT2D eigenvalue weighted by atomic mass is 35.5. The summed E-state index contributed by atoms with van der Waals surface area (Å²) < 4.78 is 0. The number of carbonyl (C=O) groups is 1.